The van der Waals surface area contributed by atoms with E-state index >= 15 is 0 Å². The zero-order valence-corrected chi connectivity index (χ0v) is 18.3. The van der Waals surface area contributed by atoms with Crippen LogP contribution in [0.15, 0.2) is 82.2 Å². The summed E-state index contributed by atoms with van der Waals surface area (Å²) in [6.45, 7) is 3.90. The lowest BCUT2D eigenvalue weighted by Crippen LogP contribution is -2.12. The number of rotatable bonds is 5. The molecule has 0 saturated heterocycles. The van der Waals surface area contributed by atoms with E-state index in [0.717, 1.165) is 22.2 Å². The molecular weight excluding hydrogens is 424 g/mol. The molecule has 5 aromatic rings. The highest BCUT2D eigenvalue weighted by atomic mass is 32.2. The lowest BCUT2D eigenvalue weighted by atomic mass is 10.1. The predicted octanol–water partition coefficient (Wildman–Crippen LogP) is 5.30. The average Bonchev–Trinajstić information content (AvgIpc) is 3.40. The molecule has 5 rings (SSSR count). The second-order valence-electron chi connectivity index (χ2n) is 7.65. The van der Waals surface area contributed by atoms with Gasteiger partial charge in [0.2, 0.25) is 5.89 Å². The number of hydrogen-bond donors (Lipinski definition) is 2. The zero-order valence-electron chi connectivity index (χ0n) is 17.5. The van der Waals surface area contributed by atoms with Crippen LogP contribution in [0.1, 0.15) is 11.1 Å². The summed E-state index contributed by atoms with van der Waals surface area (Å²) in [5.74, 6) is 0.444. The number of aryl methyl sites for hydroxylation is 2. The smallest absolute Gasteiger partial charge is 0.261 e. The molecule has 0 aliphatic carbocycles. The van der Waals surface area contributed by atoms with Crippen LogP contribution in [0, 0.1) is 13.8 Å². The lowest BCUT2D eigenvalue weighted by molar-refractivity contribution is 0.601. The molecule has 2 aromatic heterocycles. The Balaban J connectivity index is 1.49. The van der Waals surface area contributed by atoms with Gasteiger partial charge in [0.05, 0.1) is 22.3 Å². The van der Waals surface area contributed by atoms with Crippen molar-refractivity contribution in [2.45, 2.75) is 18.7 Å². The molecule has 0 atom stereocenters. The molecule has 2 heterocycles. The molecule has 0 radical (unpaired) electrons. The topological polar surface area (TPSA) is 101 Å². The summed E-state index contributed by atoms with van der Waals surface area (Å²) in [7, 11) is -3.71. The van der Waals surface area contributed by atoms with E-state index in [-0.39, 0.29) is 4.90 Å². The summed E-state index contributed by atoms with van der Waals surface area (Å²) in [4.78, 5) is 4.78. The van der Waals surface area contributed by atoms with Crippen LogP contribution < -0.4 is 4.72 Å². The molecule has 160 valence electrons. The van der Waals surface area contributed by atoms with Crippen LogP contribution in [-0.4, -0.2) is 23.6 Å². The number of nitrogens with zero attached hydrogens (tertiary/aromatic N) is 2. The first-order chi connectivity index (χ1) is 15.4. The first-order valence-corrected chi connectivity index (χ1v) is 11.5. The number of aromatic nitrogens is 3. The zero-order chi connectivity index (χ0) is 22.3. The van der Waals surface area contributed by atoms with E-state index in [0.29, 0.717) is 28.4 Å². The van der Waals surface area contributed by atoms with E-state index in [2.05, 4.69) is 19.9 Å². The van der Waals surface area contributed by atoms with E-state index in [1.807, 2.05) is 38.1 Å². The van der Waals surface area contributed by atoms with Crippen molar-refractivity contribution < 1.29 is 12.8 Å². The van der Waals surface area contributed by atoms with Crippen molar-refractivity contribution in [2.75, 3.05) is 4.72 Å². The molecule has 0 bridgehead atoms. The standard InChI is InChI=1S/C24H20N4O3S/c1-15-6-9-19(10-7-15)32(29,30)28-18-5-3-4-17(13-18)23-20(14-25-27-23)24-26-21-11-8-16(2)12-22(21)31-24/h3-14,28H,1-2H3,(H,25,27). The Morgan fingerprint density at radius 3 is 2.53 bits per heavy atom. The number of H-pyrrole nitrogens is 1. The minimum atomic E-state index is -3.71. The van der Waals surface area contributed by atoms with Crippen molar-refractivity contribution in [2.24, 2.45) is 0 Å². The molecule has 0 unspecified atom stereocenters. The van der Waals surface area contributed by atoms with Crippen molar-refractivity contribution in [1.82, 2.24) is 15.2 Å². The molecule has 0 fully saturated rings. The van der Waals surface area contributed by atoms with E-state index in [4.69, 9.17) is 4.42 Å². The van der Waals surface area contributed by atoms with Gasteiger partial charge in [0.1, 0.15) is 5.52 Å². The van der Waals surface area contributed by atoms with Crippen LogP contribution in [0.25, 0.3) is 33.8 Å². The molecule has 3 aromatic carbocycles. The molecule has 0 aliphatic rings. The summed E-state index contributed by atoms with van der Waals surface area (Å²) in [5, 5.41) is 7.14. The second kappa shape index (κ2) is 7.65. The highest BCUT2D eigenvalue weighted by Crippen LogP contribution is 2.33. The lowest BCUT2D eigenvalue weighted by Gasteiger charge is -2.10. The first kappa shape index (κ1) is 20.0. The number of fused-ring (bicyclic) bond motifs is 1. The van der Waals surface area contributed by atoms with Crippen LogP contribution >= 0.6 is 0 Å². The number of nitrogens with one attached hydrogen (secondary N) is 2. The third kappa shape index (κ3) is 3.76. The molecule has 8 heteroatoms. The summed E-state index contributed by atoms with van der Waals surface area (Å²) >= 11 is 0. The van der Waals surface area contributed by atoms with Crippen LogP contribution in [0.4, 0.5) is 5.69 Å². The normalized spacial score (nSPS) is 11.7. The Morgan fingerprint density at radius 2 is 1.72 bits per heavy atom. The SMILES string of the molecule is Cc1ccc(S(=O)(=O)Nc2cccc(-c3[nH]ncc3-c3nc4ccc(C)cc4o3)c2)cc1. The third-order valence-electron chi connectivity index (χ3n) is 5.15. The molecule has 2 N–H and O–H groups in total. The summed E-state index contributed by atoms with van der Waals surface area (Å²) in [5.41, 5.74) is 6.11. The third-order valence-corrected chi connectivity index (χ3v) is 6.55. The Kier molecular flexibility index (Phi) is 4.79. The number of benzene rings is 3. The van der Waals surface area contributed by atoms with E-state index in [1.54, 1.807) is 48.7 Å². The Morgan fingerprint density at radius 1 is 0.938 bits per heavy atom. The van der Waals surface area contributed by atoms with Crippen LogP contribution in [0.2, 0.25) is 0 Å². The monoisotopic (exact) mass is 444 g/mol. The molecule has 0 spiro atoms. The van der Waals surface area contributed by atoms with Crippen molar-refractivity contribution in [3.63, 3.8) is 0 Å². The Hall–Kier alpha value is -3.91. The average molecular weight is 445 g/mol. The van der Waals surface area contributed by atoms with Gasteiger partial charge in [-0.25, -0.2) is 13.4 Å². The van der Waals surface area contributed by atoms with E-state index < -0.39 is 10.0 Å². The fraction of sp³-hybridized carbons (Fsp3) is 0.0833. The predicted molar refractivity (Wildman–Crippen MR) is 124 cm³/mol. The summed E-state index contributed by atoms with van der Waals surface area (Å²) in [6, 6.07) is 19.6. The van der Waals surface area contributed by atoms with Gasteiger partial charge in [-0.2, -0.15) is 5.10 Å². The number of anilines is 1. The summed E-state index contributed by atoms with van der Waals surface area (Å²) in [6.07, 6.45) is 1.65. The molecular formula is C24H20N4O3S. The van der Waals surface area contributed by atoms with Crippen LogP contribution in [0.3, 0.4) is 0 Å². The molecule has 0 aliphatic heterocycles. The fourth-order valence-corrected chi connectivity index (χ4v) is 4.53. The number of aromatic amines is 1. The van der Waals surface area contributed by atoms with Gasteiger partial charge in [-0.3, -0.25) is 9.82 Å². The van der Waals surface area contributed by atoms with Gasteiger partial charge in [-0.05, 0) is 55.8 Å². The molecule has 0 saturated carbocycles. The number of oxazole rings is 1. The molecule has 7 nitrogen and oxygen atoms in total. The quantitative estimate of drug-likeness (QED) is 0.383. The summed E-state index contributed by atoms with van der Waals surface area (Å²) < 4.78 is 34.1. The van der Waals surface area contributed by atoms with Crippen LogP contribution in [0.5, 0.6) is 0 Å². The highest BCUT2D eigenvalue weighted by molar-refractivity contribution is 7.92. The maximum Gasteiger partial charge on any atom is 0.261 e. The van der Waals surface area contributed by atoms with Crippen molar-refractivity contribution in [3.05, 3.63) is 84.1 Å². The van der Waals surface area contributed by atoms with Crippen molar-refractivity contribution >= 4 is 26.8 Å². The van der Waals surface area contributed by atoms with E-state index in [9.17, 15) is 8.42 Å². The van der Waals surface area contributed by atoms with Gasteiger partial charge < -0.3 is 4.42 Å². The van der Waals surface area contributed by atoms with Crippen molar-refractivity contribution in [3.8, 4) is 22.7 Å². The van der Waals surface area contributed by atoms with Gasteiger partial charge in [-0.1, -0.05) is 35.9 Å². The van der Waals surface area contributed by atoms with E-state index in [1.165, 1.54) is 0 Å². The van der Waals surface area contributed by atoms with Gasteiger partial charge in [0.25, 0.3) is 10.0 Å². The van der Waals surface area contributed by atoms with Gasteiger partial charge in [-0.15, -0.1) is 0 Å². The second-order valence-corrected chi connectivity index (χ2v) is 9.33. The van der Waals surface area contributed by atoms with Crippen LogP contribution in [-0.2, 0) is 10.0 Å². The largest absolute Gasteiger partial charge is 0.436 e. The number of hydrogen-bond acceptors (Lipinski definition) is 5. The number of sulfonamides is 1. The van der Waals surface area contributed by atoms with Gasteiger partial charge in [0.15, 0.2) is 5.58 Å². The maximum atomic E-state index is 12.8. The molecule has 0 amide bonds. The van der Waals surface area contributed by atoms with Crippen molar-refractivity contribution in [1.29, 1.82) is 0 Å². The Labute approximate surface area is 185 Å². The Bertz CT molecular complexity index is 1530. The fourth-order valence-electron chi connectivity index (χ4n) is 3.49. The molecule has 32 heavy (non-hydrogen) atoms. The maximum absolute atomic E-state index is 12.8. The first-order valence-electron chi connectivity index (χ1n) is 10.00. The highest BCUT2D eigenvalue weighted by Gasteiger charge is 2.18. The minimum absolute atomic E-state index is 0.206. The minimum Gasteiger partial charge on any atom is -0.436 e. The van der Waals surface area contributed by atoms with Gasteiger partial charge in [0, 0.05) is 11.3 Å². The van der Waals surface area contributed by atoms with Gasteiger partial charge >= 0.3 is 0 Å².